The number of hydrogen-bond acceptors (Lipinski definition) is 11. The van der Waals surface area contributed by atoms with Crippen LogP contribution in [0.4, 0.5) is 0 Å². The minimum Gasteiger partial charge on any atom is -0.479 e. The van der Waals surface area contributed by atoms with Crippen LogP contribution in [0.1, 0.15) is 303 Å². The first-order valence-corrected chi connectivity index (χ1v) is 31.3. The summed E-state index contributed by atoms with van der Waals surface area (Å²) in [6, 6.07) is 0. The smallest absolute Gasteiger partial charge is 0.335 e. The zero-order valence-electron chi connectivity index (χ0n) is 48.3. The van der Waals surface area contributed by atoms with Gasteiger partial charge in [0, 0.05) is 19.3 Å². The number of aliphatic hydroxyl groups is 2. The minimum absolute atomic E-state index is 0.0646. The van der Waals surface area contributed by atoms with Gasteiger partial charge >= 0.3 is 23.9 Å². The van der Waals surface area contributed by atoms with Crippen molar-refractivity contribution in [2.24, 2.45) is 0 Å². The van der Waals surface area contributed by atoms with Gasteiger partial charge in [-0.15, -0.1) is 0 Å². The molecule has 0 spiro atoms. The molecule has 6 atom stereocenters. The van der Waals surface area contributed by atoms with Crippen molar-refractivity contribution >= 4 is 23.9 Å². The van der Waals surface area contributed by atoms with Gasteiger partial charge < -0.3 is 39.0 Å². The van der Waals surface area contributed by atoms with E-state index < -0.39 is 67.3 Å². The van der Waals surface area contributed by atoms with Gasteiger partial charge in [-0.3, -0.25) is 14.4 Å². The summed E-state index contributed by atoms with van der Waals surface area (Å²) in [5.41, 5.74) is 0. The molecule has 1 rings (SSSR count). The molecule has 438 valence electrons. The summed E-state index contributed by atoms with van der Waals surface area (Å²) in [6.07, 6.45) is 47.3. The van der Waals surface area contributed by atoms with E-state index in [0.717, 1.165) is 83.5 Å². The van der Waals surface area contributed by atoms with Crippen LogP contribution in [0.25, 0.3) is 0 Å². The summed E-state index contributed by atoms with van der Waals surface area (Å²) in [6.45, 7) is 5.97. The highest BCUT2D eigenvalue weighted by Crippen LogP contribution is 2.27. The van der Waals surface area contributed by atoms with Gasteiger partial charge in [-0.1, -0.05) is 257 Å². The molecular formula is C63H114O12. The number of rotatable bonds is 54. The maximum absolute atomic E-state index is 13.2. The van der Waals surface area contributed by atoms with Crippen LogP contribution >= 0.6 is 0 Å². The predicted molar refractivity (Wildman–Crippen MR) is 303 cm³/mol. The number of hydrogen-bond donors (Lipinski definition) is 3. The lowest BCUT2D eigenvalue weighted by Crippen LogP contribution is -2.61. The summed E-state index contributed by atoms with van der Waals surface area (Å²) in [4.78, 5) is 51.1. The van der Waals surface area contributed by atoms with Crippen molar-refractivity contribution in [3.8, 4) is 0 Å². The fraction of sp³-hybridized carbons (Fsp3) is 0.873. The van der Waals surface area contributed by atoms with E-state index in [9.17, 15) is 34.5 Å². The third kappa shape index (κ3) is 41.9. The van der Waals surface area contributed by atoms with Gasteiger partial charge in [0.25, 0.3) is 0 Å². The largest absolute Gasteiger partial charge is 0.479 e. The highest BCUT2D eigenvalue weighted by atomic mass is 16.7. The number of aliphatic carboxylic acids is 1. The van der Waals surface area contributed by atoms with Gasteiger partial charge in [0.15, 0.2) is 24.6 Å². The van der Waals surface area contributed by atoms with Crippen LogP contribution in [0.3, 0.4) is 0 Å². The number of aliphatic hydroxyl groups excluding tert-OH is 2. The second kappa shape index (κ2) is 51.9. The Morgan fingerprint density at radius 1 is 0.440 bits per heavy atom. The van der Waals surface area contributed by atoms with Crippen LogP contribution in [0.5, 0.6) is 0 Å². The molecule has 3 N–H and O–H groups in total. The van der Waals surface area contributed by atoms with E-state index in [2.05, 4.69) is 45.1 Å². The molecule has 1 fully saturated rings. The number of esters is 3. The third-order valence-electron chi connectivity index (χ3n) is 14.5. The molecule has 0 radical (unpaired) electrons. The van der Waals surface area contributed by atoms with Gasteiger partial charge in [-0.2, -0.15) is 0 Å². The normalized spacial score (nSPS) is 18.2. The highest BCUT2D eigenvalue weighted by Gasteiger charge is 2.50. The molecule has 1 saturated heterocycles. The molecular weight excluding hydrogens is 949 g/mol. The Morgan fingerprint density at radius 3 is 1.23 bits per heavy atom. The molecule has 1 heterocycles. The van der Waals surface area contributed by atoms with E-state index in [1.54, 1.807) is 0 Å². The Kier molecular flexibility index (Phi) is 48.6. The zero-order chi connectivity index (χ0) is 54.7. The Bertz CT molecular complexity index is 1400. The molecule has 0 aromatic carbocycles. The van der Waals surface area contributed by atoms with Crippen molar-refractivity contribution < 1.29 is 58.2 Å². The summed E-state index contributed by atoms with van der Waals surface area (Å²) in [5.74, 6) is -3.10. The van der Waals surface area contributed by atoms with E-state index in [1.165, 1.54) is 161 Å². The molecule has 6 unspecified atom stereocenters. The second-order valence-corrected chi connectivity index (χ2v) is 21.7. The molecule has 0 bridgehead atoms. The SMILES string of the molecule is CCCCC/C=C\C/C=C\CCCCCCCCCC(=O)OC(COC(=O)CCCCCCCCCCCCCCCCCCCCC)COC1OC(C(=O)O)C(O)C(O)C1OC(=O)CCCCCCCCCCC. The van der Waals surface area contributed by atoms with E-state index in [1.807, 2.05) is 0 Å². The van der Waals surface area contributed by atoms with Gasteiger partial charge in [-0.05, 0) is 51.4 Å². The van der Waals surface area contributed by atoms with Gasteiger partial charge in [-0.25, -0.2) is 4.79 Å². The fourth-order valence-electron chi connectivity index (χ4n) is 9.69. The average Bonchev–Trinajstić information content (AvgIpc) is 3.39. The highest BCUT2D eigenvalue weighted by molar-refractivity contribution is 5.74. The first kappa shape index (κ1) is 70.2. The molecule has 0 saturated carbocycles. The van der Waals surface area contributed by atoms with Gasteiger partial charge in [0.2, 0.25) is 0 Å². The summed E-state index contributed by atoms with van der Waals surface area (Å²) >= 11 is 0. The zero-order valence-corrected chi connectivity index (χ0v) is 48.3. The van der Waals surface area contributed by atoms with Crippen molar-refractivity contribution in [3.05, 3.63) is 24.3 Å². The van der Waals surface area contributed by atoms with E-state index in [4.69, 9.17) is 23.7 Å². The average molecular weight is 1060 g/mol. The lowest BCUT2D eigenvalue weighted by Gasteiger charge is -2.40. The van der Waals surface area contributed by atoms with Crippen molar-refractivity contribution in [2.45, 2.75) is 340 Å². The van der Waals surface area contributed by atoms with E-state index in [0.29, 0.717) is 19.3 Å². The molecule has 0 amide bonds. The van der Waals surface area contributed by atoms with Crippen LogP contribution in [0, 0.1) is 0 Å². The Labute approximate surface area is 458 Å². The second-order valence-electron chi connectivity index (χ2n) is 21.7. The van der Waals surface area contributed by atoms with Crippen molar-refractivity contribution in [1.82, 2.24) is 0 Å². The van der Waals surface area contributed by atoms with Crippen LogP contribution in [0.2, 0.25) is 0 Å². The Hall–Kier alpha value is -2.80. The lowest BCUT2D eigenvalue weighted by atomic mass is 9.98. The molecule has 75 heavy (non-hydrogen) atoms. The number of carbonyl (C=O) groups is 4. The number of ether oxygens (including phenoxy) is 5. The third-order valence-corrected chi connectivity index (χ3v) is 14.5. The molecule has 0 aromatic rings. The molecule has 0 aliphatic carbocycles. The van der Waals surface area contributed by atoms with Crippen molar-refractivity contribution in [2.75, 3.05) is 13.2 Å². The maximum Gasteiger partial charge on any atom is 0.335 e. The van der Waals surface area contributed by atoms with Gasteiger partial charge in [0.05, 0.1) is 6.61 Å². The van der Waals surface area contributed by atoms with Crippen LogP contribution in [-0.4, -0.2) is 89.2 Å². The quantitative estimate of drug-likeness (QED) is 0.0228. The first-order chi connectivity index (χ1) is 36.6. The maximum atomic E-state index is 13.2. The van der Waals surface area contributed by atoms with Crippen molar-refractivity contribution in [1.29, 1.82) is 0 Å². The van der Waals surface area contributed by atoms with Crippen LogP contribution in [-0.2, 0) is 42.9 Å². The van der Waals surface area contributed by atoms with Crippen molar-refractivity contribution in [3.63, 3.8) is 0 Å². The summed E-state index contributed by atoms with van der Waals surface area (Å²) < 4.78 is 28.4. The fourth-order valence-corrected chi connectivity index (χ4v) is 9.69. The minimum atomic E-state index is -1.90. The summed E-state index contributed by atoms with van der Waals surface area (Å²) in [5, 5.41) is 31.4. The number of carboxylic acids is 1. The standard InChI is InChI=1S/C63H114O12/c1-4-7-10-13-16-19-21-23-25-27-28-30-31-33-35-38-40-43-46-49-55(64)71-52-54(73-56(65)50-47-44-42-39-36-34-32-29-26-24-22-20-17-14-11-8-5-2)53-72-63-61(59(68)58(67)60(75-63)62(69)70)74-57(66)51-48-45-41-37-18-15-12-9-6-3/h17,20,24,26,54,58-61,63,67-68H,4-16,18-19,21-23,25,27-53H2,1-3H3,(H,69,70)/b20-17-,26-24-. The predicted octanol–water partition coefficient (Wildman–Crippen LogP) is 16.2. The van der Waals surface area contributed by atoms with E-state index >= 15 is 0 Å². The van der Waals surface area contributed by atoms with Crippen LogP contribution < -0.4 is 0 Å². The van der Waals surface area contributed by atoms with Gasteiger partial charge in [0.1, 0.15) is 18.8 Å². The first-order valence-electron chi connectivity index (χ1n) is 31.3. The molecule has 1 aliphatic heterocycles. The van der Waals surface area contributed by atoms with E-state index in [-0.39, 0.29) is 25.9 Å². The molecule has 12 nitrogen and oxygen atoms in total. The number of carboxylic acid groups (broad SMARTS) is 1. The Balaban J connectivity index is 2.62. The number of unbranched alkanes of at least 4 members (excludes halogenated alkanes) is 36. The lowest BCUT2D eigenvalue weighted by molar-refractivity contribution is -0.301. The topological polar surface area (TPSA) is 175 Å². The van der Waals surface area contributed by atoms with Crippen LogP contribution in [0.15, 0.2) is 24.3 Å². The molecule has 12 heteroatoms. The molecule has 0 aromatic heterocycles. The molecule has 1 aliphatic rings. The number of allylic oxidation sites excluding steroid dienone is 4. The summed E-state index contributed by atoms with van der Waals surface area (Å²) in [7, 11) is 0. The monoisotopic (exact) mass is 1060 g/mol. The number of carbonyl (C=O) groups excluding carboxylic acids is 3. The Morgan fingerprint density at radius 2 is 0.800 bits per heavy atom.